The van der Waals surface area contributed by atoms with Gasteiger partial charge in [0, 0.05) is 92.3 Å². The largest absolute Gasteiger partial charge is 5.00 e. The van der Waals surface area contributed by atoms with Crippen LogP contribution in [0.2, 0.25) is 0 Å². The van der Waals surface area contributed by atoms with Crippen molar-refractivity contribution in [1.29, 1.82) is 0 Å². The zero-order valence-electron chi connectivity index (χ0n) is 29.8. The molecule has 0 rings (SSSR count). The molecule has 0 aliphatic carbocycles. The Morgan fingerprint density at radius 3 is 0.569 bits per heavy atom. The normalized spacial score (nSPS) is 12.7. The van der Waals surface area contributed by atoms with Crippen LogP contribution in [-0.2, 0) is 47.7 Å². The maximum Gasteiger partial charge on any atom is 5.00 e. The fourth-order valence-corrected chi connectivity index (χ4v) is 2.81. The third-order valence-corrected chi connectivity index (χ3v) is 7.40. The molecule has 0 spiro atoms. The van der Waals surface area contributed by atoms with Gasteiger partial charge in [0.25, 0.3) is 0 Å². The fraction of sp³-hybridized carbons (Fsp3) is 0.833. The van der Waals surface area contributed by atoms with E-state index in [1.54, 1.807) is 0 Å². The Labute approximate surface area is 347 Å². The van der Waals surface area contributed by atoms with Crippen LogP contribution in [-0.4, -0.2) is 147 Å². The zero-order chi connectivity index (χ0) is 39.9. The van der Waals surface area contributed by atoms with Crippen LogP contribution in [0.3, 0.4) is 0 Å². The minimum absolute atomic E-state index is 0. The number of carbonyl (C=O) groups excluding carboxylic acids is 5. The molecule has 0 bridgehead atoms. The van der Waals surface area contributed by atoms with Crippen molar-refractivity contribution in [2.75, 3.05) is 66.1 Å². The predicted octanol–water partition coefficient (Wildman–Crippen LogP) is -3.07. The Kier molecular flexibility index (Phi) is 58.7. The summed E-state index contributed by atoms with van der Waals surface area (Å²) >= 11 is 18.8. The molecule has 5 unspecified atom stereocenters. The Bertz CT molecular complexity index is 684. The summed E-state index contributed by atoms with van der Waals surface area (Å²) in [5, 5.41) is 46.7. The molecule has 5 atom stereocenters. The van der Waals surface area contributed by atoms with Gasteiger partial charge >= 0.3 is 24.4 Å². The van der Waals surface area contributed by atoms with E-state index in [9.17, 15) is 49.5 Å². The molecule has 0 amide bonds. The van der Waals surface area contributed by atoms with E-state index in [1.165, 1.54) is 0 Å². The van der Waals surface area contributed by atoms with Crippen molar-refractivity contribution in [2.24, 2.45) is 0 Å². The van der Waals surface area contributed by atoms with Crippen molar-refractivity contribution in [3.8, 4) is 0 Å². The molecule has 0 aromatic rings. The Balaban J connectivity index is -0.000000123. The average molecular weight is 938 g/mol. The first-order chi connectivity index (χ1) is 23.4. The Morgan fingerprint density at radius 2 is 0.490 bits per heavy atom. The van der Waals surface area contributed by atoms with Gasteiger partial charge in [-0.2, -0.15) is 63.1 Å². The van der Waals surface area contributed by atoms with Gasteiger partial charge in [0.05, 0.1) is 29.8 Å². The molecule has 0 heterocycles. The van der Waals surface area contributed by atoms with E-state index in [0.717, 1.165) is 0 Å². The maximum absolute atomic E-state index is 10.1. The number of thiol groups is 5. The van der Waals surface area contributed by atoms with Crippen LogP contribution in [0.25, 0.3) is 0 Å². The number of rotatable bonds is 25. The molecule has 0 fully saturated rings. The second-order valence-corrected chi connectivity index (χ2v) is 12.2. The Hall–Kier alpha value is -0.282. The van der Waals surface area contributed by atoms with Crippen LogP contribution in [0.1, 0.15) is 66.7 Å². The van der Waals surface area contributed by atoms with Gasteiger partial charge in [-0.1, -0.05) is 0 Å². The van der Waals surface area contributed by atoms with Crippen molar-refractivity contribution in [3.05, 3.63) is 0 Å². The van der Waals surface area contributed by atoms with Gasteiger partial charge in [-0.25, -0.2) is 0 Å². The molecule has 0 radical (unpaired) electrons. The predicted molar refractivity (Wildman–Crippen MR) is 200 cm³/mol. The van der Waals surface area contributed by atoms with E-state index in [0.29, 0.717) is 98.2 Å². The van der Waals surface area contributed by atoms with E-state index in [1.807, 2.05) is 34.6 Å². The summed E-state index contributed by atoms with van der Waals surface area (Å²) < 4.78 is 24.6. The van der Waals surface area contributed by atoms with Gasteiger partial charge in [0.2, 0.25) is 0 Å². The zero-order valence-corrected chi connectivity index (χ0v) is 36.8. The smallest absolute Gasteiger partial charge is 0.549 e. The van der Waals surface area contributed by atoms with Crippen molar-refractivity contribution in [2.45, 2.75) is 93.0 Å². The van der Waals surface area contributed by atoms with E-state index < -0.39 is 56.1 Å². The first-order valence-electron chi connectivity index (χ1n) is 15.7. The van der Waals surface area contributed by atoms with Crippen molar-refractivity contribution >= 4 is 117 Å². The van der Waals surface area contributed by atoms with Crippen molar-refractivity contribution in [1.82, 2.24) is 0 Å². The third kappa shape index (κ3) is 56.6. The van der Waals surface area contributed by atoms with Gasteiger partial charge in [-0.05, 0) is 66.7 Å². The number of hydrogen-bond donors (Lipinski definition) is 5. The summed E-state index contributed by atoms with van der Waals surface area (Å²) in [5.41, 5.74) is 0. The van der Waals surface area contributed by atoms with Crippen LogP contribution in [0.15, 0.2) is 0 Å². The second-order valence-electron chi connectivity index (χ2n) is 9.10. The standard InChI is InChI=1S/5C6H12O3S.Sb/c5*1-2-9-4-3-5(10)6(7)8;/h5*5,10H,2-4H2,1H3,(H,7,8);/q;;;;;+5/p-5. The average Bonchev–Trinajstić information content (AvgIpc) is 3.06. The van der Waals surface area contributed by atoms with E-state index in [4.69, 9.17) is 23.7 Å². The molecule has 300 valence electrons. The van der Waals surface area contributed by atoms with Gasteiger partial charge in [-0.15, -0.1) is 0 Å². The summed E-state index contributed by atoms with van der Waals surface area (Å²) in [6.45, 7) is 14.4. The molecule has 51 heavy (non-hydrogen) atoms. The number of hydrogen-bond acceptors (Lipinski definition) is 20. The number of carboxylic acid groups (broad SMARTS) is 5. The maximum atomic E-state index is 10.1. The molecule has 0 aromatic carbocycles. The first-order valence-corrected chi connectivity index (χ1v) is 18.3. The van der Waals surface area contributed by atoms with Gasteiger partial charge in [0.1, 0.15) is 0 Å². The van der Waals surface area contributed by atoms with Crippen LogP contribution < -0.4 is 25.5 Å². The topological polar surface area (TPSA) is 247 Å². The number of ether oxygens (including phenoxy) is 5. The summed E-state index contributed by atoms with van der Waals surface area (Å²) in [5.74, 6) is -5.68. The molecule has 0 N–H and O–H groups in total. The minimum atomic E-state index is -1.14. The molecule has 0 aromatic heterocycles. The molecule has 15 nitrogen and oxygen atoms in total. The first kappa shape index (κ1) is 62.7. The molecule has 0 saturated carbocycles. The number of aliphatic carboxylic acids is 5. The van der Waals surface area contributed by atoms with Crippen LogP contribution in [0, 0.1) is 0 Å². The molecule has 0 aliphatic rings. The van der Waals surface area contributed by atoms with Gasteiger partial charge in [0.15, 0.2) is 0 Å². The monoisotopic (exact) mass is 936 g/mol. The SMILES string of the molecule is CCOCCC(S)C(=O)[O-].CCOCCC(S)C(=O)[O-].CCOCCC(S)C(=O)[O-].CCOCCC(S)C(=O)[O-].CCOCCC(S)C(=O)[O-].[Sb+5]. The summed E-state index contributed by atoms with van der Waals surface area (Å²) in [7, 11) is 0. The molecular formula is C30H55O15S5Sb. The molecule has 0 aliphatic heterocycles. The van der Waals surface area contributed by atoms with E-state index >= 15 is 0 Å². The van der Waals surface area contributed by atoms with Crippen LogP contribution in [0.4, 0.5) is 0 Å². The summed E-state index contributed by atoms with van der Waals surface area (Å²) in [6, 6.07) is 0. The summed E-state index contributed by atoms with van der Waals surface area (Å²) in [6.07, 6.45) is 2.01. The van der Waals surface area contributed by atoms with E-state index in [-0.39, 0.29) is 24.4 Å². The Morgan fingerprint density at radius 1 is 0.373 bits per heavy atom. The second kappa shape index (κ2) is 47.7. The number of carboxylic acids is 5. The van der Waals surface area contributed by atoms with Crippen LogP contribution >= 0.6 is 63.1 Å². The number of carbonyl (C=O) groups is 5. The van der Waals surface area contributed by atoms with Gasteiger partial charge in [-0.3, -0.25) is 0 Å². The van der Waals surface area contributed by atoms with E-state index in [2.05, 4.69) is 63.1 Å². The molecule has 21 heteroatoms. The van der Waals surface area contributed by atoms with Crippen molar-refractivity contribution in [3.63, 3.8) is 0 Å². The molecule has 0 saturated heterocycles. The van der Waals surface area contributed by atoms with Gasteiger partial charge < -0.3 is 73.2 Å². The molecular weight excluding hydrogens is 882 g/mol. The third-order valence-electron chi connectivity index (χ3n) is 5.06. The van der Waals surface area contributed by atoms with Crippen molar-refractivity contribution < 1.29 is 73.2 Å². The fourth-order valence-electron chi connectivity index (χ4n) is 2.29. The summed E-state index contributed by atoms with van der Waals surface area (Å²) in [4.78, 5) is 50.3. The van der Waals surface area contributed by atoms with Crippen LogP contribution in [0.5, 0.6) is 0 Å². The minimum Gasteiger partial charge on any atom is -0.549 e. The quantitative estimate of drug-likeness (QED) is 0.0347.